The molecule has 12 heavy (non-hydrogen) atoms. The van der Waals surface area contributed by atoms with Crippen LogP contribution < -0.4 is 0 Å². The summed E-state index contributed by atoms with van der Waals surface area (Å²) in [6, 6.07) is 8.57. The highest BCUT2D eigenvalue weighted by molar-refractivity contribution is 7.17. The molecular weight excluding hydrogens is 166 g/mol. The summed E-state index contributed by atoms with van der Waals surface area (Å²) < 4.78 is 3.51. The van der Waals surface area contributed by atoms with Crippen molar-refractivity contribution in [3.63, 3.8) is 0 Å². The van der Waals surface area contributed by atoms with E-state index < -0.39 is 0 Å². The molecule has 0 atom stereocenters. The minimum Gasteiger partial charge on any atom is -0.323 e. The average molecular weight is 173 g/mol. The van der Waals surface area contributed by atoms with Crippen LogP contribution in [0.25, 0.3) is 15.6 Å². The Hall–Kier alpha value is -1.28. The molecule has 0 aliphatic rings. The average Bonchev–Trinajstić information content (AvgIpc) is 2.64. The van der Waals surface area contributed by atoms with Gasteiger partial charge in [0.25, 0.3) is 0 Å². The third-order valence-corrected chi connectivity index (χ3v) is 2.98. The van der Waals surface area contributed by atoms with Crippen LogP contribution >= 0.6 is 11.3 Å². The molecule has 0 spiro atoms. The maximum absolute atomic E-state index is 2.22. The topological polar surface area (TPSA) is 4.41 Å². The van der Waals surface area contributed by atoms with Crippen molar-refractivity contribution >= 4 is 26.9 Å². The lowest BCUT2D eigenvalue weighted by atomic mass is 10.3. The van der Waals surface area contributed by atoms with Crippen molar-refractivity contribution in [2.75, 3.05) is 0 Å². The van der Waals surface area contributed by atoms with Gasteiger partial charge >= 0.3 is 0 Å². The highest BCUT2D eigenvalue weighted by Gasteiger charge is 1.96. The van der Waals surface area contributed by atoms with E-state index in [4.69, 9.17) is 0 Å². The van der Waals surface area contributed by atoms with Gasteiger partial charge in [-0.15, -0.1) is 11.3 Å². The maximum atomic E-state index is 2.22. The Kier molecular flexibility index (Phi) is 1.10. The van der Waals surface area contributed by atoms with Crippen LogP contribution in [-0.2, 0) is 0 Å². The van der Waals surface area contributed by atoms with E-state index in [2.05, 4.69) is 46.4 Å². The third-order valence-electron chi connectivity index (χ3n) is 2.10. The fourth-order valence-corrected chi connectivity index (χ4v) is 2.29. The molecule has 0 bridgehead atoms. The molecule has 0 amide bonds. The molecule has 0 aliphatic carbocycles. The molecule has 1 nitrogen and oxygen atoms in total. The Balaban J connectivity index is 2.62. The van der Waals surface area contributed by atoms with Gasteiger partial charge < -0.3 is 4.40 Å². The summed E-state index contributed by atoms with van der Waals surface area (Å²) in [6.45, 7) is 0. The zero-order valence-corrected chi connectivity index (χ0v) is 7.21. The van der Waals surface area contributed by atoms with Crippen LogP contribution in [0.3, 0.4) is 0 Å². The standard InChI is InChI=1S/C10H7NS/c1-2-9-6-10-8(3-5-12-10)7-11(9)4-1/h1-7H. The van der Waals surface area contributed by atoms with E-state index in [1.54, 1.807) is 11.3 Å². The summed E-state index contributed by atoms with van der Waals surface area (Å²) in [6.07, 6.45) is 4.24. The molecule has 0 radical (unpaired) electrons. The van der Waals surface area contributed by atoms with Gasteiger partial charge in [0.15, 0.2) is 0 Å². The molecule has 3 aromatic heterocycles. The Labute approximate surface area is 73.9 Å². The number of fused-ring (bicyclic) bond motifs is 2. The number of aromatic nitrogens is 1. The lowest BCUT2D eigenvalue weighted by Gasteiger charge is -1.93. The first-order chi connectivity index (χ1) is 5.93. The largest absolute Gasteiger partial charge is 0.323 e. The summed E-state index contributed by atoms with van der Waals surface area (Å²) in [5.74, 6) is 0. The lowest BCUT2D eigenvalue weighted by Crippen LogP contribution is -1.78. The van der Waals surface area contributed by atoms with Crippen molar-refractivity contribution in [3.8, 4) is 0 Å². The number of nitrogens with zero attached hydrogens (tertiary/aromatic N) is 1. The predicted molar refractivity (Wildman–Crippen MR) is 52.8 cm³/mol. The number of hydrogen-bond acceptors (Lipinski definition) is 1. The molecule has 0 fully saturated rings. The van der Waals surface area contributed by atoms with Gasteiger partial charge in [-0.05, 0) is 29.6 Å². The van der Waals surface area contributed by atoms with Crippen molar-refractivity contribution in [2.24, 2.45) is 0 Å². The predicted octanol–water partition coefficient (Wildman–Crippen LogP) is 3.15. The van der Waals surface area contributed by atoms with E-state index in [9.17, 15) is 0 Å². The summed E-state index contributed by atoms with van der Waals surface area (Å²) in [5.41, 5.74) is 1.27. The Bertz CT molecular complexity index is 442. The molecule has 3 aromatic rings. The number of pyridine rings is 1. The molecule has 0 unspecified atom stereocenters. The fraction of sp³-hybridized carbons (Fsp3) is 0. The monoisotopic (exact) mass is 173 g/mol. The van der Waals surface area contributed by atoms with Gasteiger partial charge in [-0.3, -0.25) is 0 Å². The highest BCUT2D eigenvalue weighted by atomic mass is 32.1. The quantitative estimate of drug-likeness (QED) is 0.492. The zero-order chi connectivity index (χ0) is 7.97. The van der Waals surface area contributed by atoms with E-state index in [0.29, 0.717) is 0 Å². The molecule has 2 heteroatoms. The van der Waals surface area contributed by atoms with Crippen LogP contribution in [0, 0.1) is 0 Å². The van der Waals surface area contributed by atoms with E-state index in [1.165, 1.54) is 15.6 Å². The molecular formula is C10H7NS. The first-order valence-corrected chi connectivity index (χ1v) is 4.75. The number of hydrogen-bond donors (Lipinski definition) is 0. The van der Waals surface area contributed by atoms with Gasteiger partial charge in [0.2, 0.25) is 0 Å². The van der Waals surface area contributed by atoms with Crippen molar-refractivity contribution < 1.29 is 0 Å². The van der Waals surface area contributed by atoms with Crippen LogP contribution in [0.1, 0.15) is 0 Å². The number of thiophene rings is 1. The third kappa shape index (κ3) is 0.728. The Morgan fingerprint density at radius 3 is 3.25 bits per heavy atom. The summed E-state index contributed by atoms with van der Waals surface area (Å²) in [7, 11) is 0. The smallest absolute Gasteiger partial charge is 0.0464 e. The van der Waals surface area contributed by atoms with Crippen molar-refractivity contribution in [1.82, 2.24) is 4.40 Å². The van der Waals surface area contributed by atoms with Crippen LogP contribution in [0.4, 0.5) is 0 Å². The normalized spacial score (nSPS) is 11.3. The van der Waals surface area contributed by atoms with Crippen molar-refractivity contribution in [2.45, 2.75) is 0 Å². The van der Waals surface area contributed by atoms with E-state index in [0.717, 1.165) is 0 Å². The maximum Gasteiger partial charge on any atom is 0.0464 e. The summed E-state index contributed by atoms with van der Waals surface area (Å²) in [4.78, 5) is 0. The van der Waals surface area contributed by atoms with Crippen molar-refractivity contribution in [3.05, 3.63) is 42.0 Å². The van der Waals surface area contributed by atoms with E-state index in [-0.39, 0.29) is 0 Å². The Morgan fingerprint density at radius 1 is 1.25 bits per heavy atom. The van der Waals surface area contributed by atoms with Crippen LogP contribution in [0.2, 0.25) is 0 Å². The second-order valence-corrected chi connectivity index (χ2v) is 3.80. The SMILES string of the molecule is c1cc2cc3sccc3cn2c1. The second-order valence-electron chi connectivity index (χ2n) is 2.85. The highest BCUT2D eigenvalue weighted by Crippen LogP contribution is 2.22. The summed E-state index contributed by atoms with van der Waals surface area (Å²) >= 11 is 1.79. The zero-order valence-electron chi connectivity index (χ0n) is 6.40. The fourth-order valence-electron chi connectivity index (χ4n) is 1.49. The van der Waals surface area contributed by atoms with Gasteiger partial charge in [0.05, 0.1) is 0 Å². The van der Waals surface area contributed by atoms with Gasteiger partial charge in [-0.2, -0.15) is 0 Å². The lowest BCUT2D eigenvalue weighted by molar-refractivity contribution is 1.22. The van der Waals surface area contributed by atoms with Crippen molar-refractivity contribution in [1.29, 1.82) is 0 Å². The van der Waals surface area contributed by atoms with Gasteiger partial charge in [0, 0.05) is 28.0 Å². The first-order valence-electron chi connectivity index (χ1n) is 3.87. The summed E-state index contributed by atoms with van der Waals surface area (Å²) in [5, 5.41) is 3.45. The molecule has 3 rings (SSSR count). The minimum atomic E-state index is 1.27. The molecule has 0 saturated heterocycles. The molecule has 0 N–H and O–H groups in total. The molecule has 0 aromatic carbocycles. The first kappa shape index (κ1) is 6.26. The number of rotatable bonds is 0. The second kappa shape index (κ2) is 2.11. The molecule has 58 valence electrons. The van der Waals surface area contributed by atoms with Gasteiger partial charge in [0.1, 0.15) is 0 Å². The van der Waals surface area contributed by atoms with E-state index in [1.807, 2.05) is 0 Å². The molecule has 0 saturated carbocycles. The molecule has 3 heterocycles. The van der Waals surface area contributed by atoms with E-state index >= 15 is 0 Å². The molecule has 0 aliphatic heterocycles. The van der Waals surface area contributed by atoms with Gasteiger partial charge in [-0.1, -0.05) is 0 Å². The minimum absolute atomic E-state index is 1.27. The van der Waals surface area contributed by atoms with Crippen LogP contribution in [-0.4, -0.2) is 4.40 Å². The Morgan fingerprint density at radius 2 is 2.25 bits per heavy atom. The van der Waals surface area contributed by atoms with Gasteiger partial charge in [-0.25, -0.2) is 0 Å². The van der Waals surface area contributed by atoms with Crippen LogP contribution in [0.5, 0.6) is 0 Å². The van der Waals surface area contributed by atoms with Crippen LogP contribution in [0.15, 0.2) is 42.0 Å².